The zero-order valence-corrected chi connectivity index (χ0v) is 16.0. The summed E-state index contributed by atoms with van der Waals surface area (Å²) >= 11 is 0. The lowest BCUT2D eigenvalue weighted by molar-refractivity contribution is -0.205. The second-order valence-electron chi connectivity index (χ2n) is 6.69. The number of nitrogens with zero attached hydrogens (tertiary/aromatic N) is 5. The van der Waals surface area contributed by atoms with Gasteiger partial charge in [0.2, 0.25) is 13.7 Å². The van der Waals surface area contributed by atoms with E-state index >= 15 is 0 Å². The topological polar surface area (TPSA) is 195 Å². The third-order valence-electron chi connectivity index (χ3n) is 4.73. The van der Waals surface area contributed by atoms with Crippen LogP contribution in [0.1, 0.15) is 0 Å². The first-order valence-electron chi connectivity index (χ1n) is 8.52. The lowest BCUT2D eigenvalue weighted by Gasteiger charge is -2.28. The van der Waals surface area contributed by atoms with Crippen molar-refractivity contribution < 1.29 is 28.9 Å². The van der Waals surface area contributed by atoms with Crippen molar-refractivity contribution in [2.75, 3.05) is 35.9 Å². The number of H-pyrrole nitrogens is 1. The Morgan fingerprint density at radius 2 is 2.24 bits per heavy atom. The number of rotatable bonds is 5. The predicted molar refractivity (Wildman–Crippen MR) is 96.9 cm³/mol. The minimum absolute atomic E-state index is 0.116. The average Bonchev–Trinajstić information content (AvgIpc) is 3.35. The molecule has 2 aromatic heterocycles. The minimum atomic E-state index is -4.48. The van der Waals surface area contributed by atoms with Gasteiger partial charge in [0.25, 0.3) is 5.56 Å². The van der Waals surface area contributed by atoms with E-state index in [0.717, 1.165) is 10.7 Å². The molecule has 5 atom stereocenters. The van der Waals surface area contributed by atoms with Crippen molar-refractivity contribution in [1.82, 2.24) is 19.3 Å². The van der Waals surface area contributed by atoms with Gasteiger partial charge in [-0.05, 0) is 0 Å². The van der Waals surface area contributed by atoms with Gasteiger partial charge in [0, 0.05) is 19.4 Å². The zero-order chi connectivity index (χ0) is 20.9. The predicted octanol–water partition coefficient (Wildman–Crippen LogP) is -2.76. The molecule has 5 N–H and O–H groups in total. The lowest BCUT2D eigenvalue weighted by Crippen LogP contribution is -2.45. The molecule has 158 valence electrons. The maximum Gasteiger partial charge on any atom is 0.278 e. The number of nitrogens with one attached hydrogen (secondary N) is 1. The van der Waals surface area contributed by atoms with Gasteiger partial charge >= 0.3 is 0 Å². The largest absolute Gasteiger partial charge is 0.761 e. The molecule has 2 aliphatic rings. The van der Waals surface area contributed by atoms with Crippen molar-refractivity contribution in [2.45, 2.75) is 24.5 Å². The summed E-state index contributed by atoms with van der Waals surface area (Å²) in [5.41, 5.74) is 5.38. The molecule has 4 rings (SSSR count). The Balaban J connectivity index is 1.52. The number of nitrogen functional groups attached to an aromatic ring is 1. The Bertz CT molecular complexity index is 999. The van der Waals surface area contributed by atoms with Crippen molar-refractivity contribution in [2.24, 2.45) is 0 Å². The summed E-state index contributed by atoms with van der Waals surface area (Å²) < 4.78 is 23.5. The first kappa shape index (κ1) is 19.8. The number of imidazole rings is 1. The van der Waals surface area contributed by atoms with E-state index in [0.29, 0.717) is 0 Å². The number of aliphatic hydroxyl groups excluding tert-OH is 2. The number of fused-ring (bicyclic) bond motifs is 1. The van der Waals surface area contributed by atoms with E-state index in [-0.39, 0.29) is 24.1 Å². The van der Waals surface area contributed by atoms with Crippen molar-refractivity contribution in [3.8, 4) is 0 Å². The maximum atomic E-state index is 12.1. The number of aromatic nitrogens is 4. The Kier molecular flexibility index (Phi) is 4.85. The molecule has 0 spiro atoms. The van der Waals surface area contributed by atoms with E-state index in [9.17, 15) is 24.5 Å². The van der Waals surface area contributed by atoms with E-state index < -0.39 is 44.5 Å². The van der Waals surface area contributed by atoms with Gasteiger partial charge in [-0.2, -0.15) is 4.98 Å². The molecule has 2 aromatic rings. The zero-order valence-electron chi connectivity index (χ0n) is 15.2. The van der Waals surface area contributed by atoms with Crippen molar-refractivity contribution >= 4 is 25.2 Å². The molecule has 0 aromatic carbocycles. The first-order valence-corrected chi connectivity index (χ1v) is 10.0. The van der Waals surface area contributed by atoms with Crippen LogP contribution in [0.2, 0.25) is 0 Å². The molecule has 0 aliphatic carbocycles. The van der Waals surface area contributed by atoms with Gasteiger partial charge in [0.15, 0.2) is 12.0 Å². The van der Waals surface area contributed by atoms with Crippen molar-refractivity contribution in [1.29, 1.82) is 0 Å². The molecular formula is C14H19N7O7P-. The summed E-state index contributed by atoms with van der Waals surface area (Å²) in [5.74, 6) is 0.0640. The molecule has 4 heterocycles. The fourth-order valence-corrected chi connectivity index (χ4v) is 4.22. The third-order valence-corrected chi connectivity index (χ3v) is 6.01. The van der Waals surface area contributed by atoms with Crippen LogP contribution in [-0.2, 0) is 13.8 Å². The van der Waals surface area contributed by atoms with Crippen LogP contribution in [-0.4, -0.2) is 74.4 Å². The molecule has 2 unspecified atom stereocenters. The summed E-state index contributed by atoms with van der Waals surface area (Å²) in [6.45, 7) is -0.402. The highest BCUT2D eigenvalue weighted by Gasteiger charge is 2.48. The number of hydrogen-bond acceptors (Lipinski definition) is 12. The summed E-state index contributed by atoms with van der Waals surface area (Å²) in [6, 6.07) is 0. The van der Waals surface area contributed by atoms with Crippen LogP contribution >= 0.6 is 7.75 Å². The average molecular weight is 428 g/mol. The fourth-order valence-electron chi connectivity index (χ4n) is 3.34. The highest BCUT2D eigenvalue weighted by molar-refractivity contribution is 7.49. The number of anilines is 3. The molecule has 14 nitrogen and oxygen atoms in total. The van der Waals surface area contributed by atoms with Crippen LogP contribution in [0, 0.1) is 0 Å². The van der Waals surface area contributed by atoms with Gasteiger partial charge in [-0.1, -0.05) is 0 Å². The monoisotopic (exact) mass is 428 g/mol. The lowest BCUT2D eigenvalue weighted by atomic mass is 10.1. The summed E-state index contributed by atoms with van der Waals surface area (Å²) in [7, 11) is -2.84. The molecule has 15 heteroatoms. The SMILES string of the molecule is CN1CN([C@H]2O[C@@H](COP(=O)([O-])n3ccnc3)C(O)[C@H]2O)c2nc(N)[nH]c(=O)c21. The number of nitrogens with two attached hydrogens (primary N) is 1. The van der Waals surface area contributed by atoms with Crippen LogP contribution in [0.3, 0.4) is 0 Å². The standard InChI is InChI=1S/C14H20N7O7P/c1-19-6-21(11-8(19)12(24)18-14(15)17-11)13-10(23)9(22)7(28-13)4-27-29(25,26)20-3-2-16-5-20/h2-3,5,7,9-10,13,22-23H,4,6H2,1H3,(H,25,26)(H3,15,17,18,24)/p-1/t7-,9?,10+,13-/m0/s1. The fraction of sp³-hybridized carbons (Fsp3) is 0.500. The Hall–Kier alpha value is -2.48. The molecule has 29 heavy (non-hydrogen) atoms. The summed E-state index contributed by atoms with van der Waals surface area (Å²) in [4.78, 5) is 37.4. The third kappa shape index (κ3) is 3.39. The van der Waals surface area contributed by atoms with E-state index in [1.807, 2.05) is 0 Å². The van der Waals surface area contributed by atoms with Crippen LogP contribution in [0.15, 0.2) is 23.5 Å². The second-order valence-corrected chi connectivity index (χ2v) is 8.34. The maximum absolute atomic E-state index is 12.1. The normalized spacial score (nSPS) is 28.6. The van der Waals surface area contributed by atoms with E-state index in [2.05, 4.69) is 15.0 Å². The Morgan fingerprint density at radius 3 is 2.93 bits per heavy atom. The minimum Gasteiger partial charge on any atom is -0.761 e. The van der Waals surface area contributed by atoms with Gasteiger partial charge in [-0.15, -0.1) is 0 Å². The van der Waals surface area contributed by atoms with Crippen LogP contribution in [0.25, 0.3) is 0 Å². The highest BCUT2D eigenvalue weighted by Crippen LogP contribution is 2.40. The molecule has 0 amide bonds. The van der Waals surface area contributed by atoms with Crippen molar-refractivity contribution in [3.05, 3.63) is 29.1 Å². The van der Waals surface area contributed by atoms with Crippen molar-refractivity contribution in [3.63, 3.8) is 0 Å². The number of ether oxygens (including phenoxy) is 1. The second kappa shape index (κ2) is 7.09. The Labute approximate surface area is 163 Å². The smallest absolute Gasteiger partial charge is 0.278 e. The molecule has 0 saturated carbocycles. The summed E-state index contributed by atoms with van der Waals surface area (Å²) in [5, 5.41) is 20.8. The van der Waals surface area contributed by atoms with E-state index in [1.165, 1.54) is 17.3 Å². The Morgan fingerprint density at radius 1 is 1.48 bits per heavy atom. The number of aromatic amines is 1. The van der Waals surface area contributed by atoms with Gasteiger partial charge in [-0.25, -0.2) is 4.98 Å². The first-order chi connectivity index (χ1) is 13.7. The quantitative estimate of drug-likeness (QED) is 0.359. The number of hydrogen-bond donors (Lipinski definition) is 4. The van der Waals surface area contributed by atoms with Gasteiger partial charge in [0.1, 0.15) is 30.3 Å². The molecule has 0 bridgehead atoms. The van der Waals surface area contributed by atoms with Crippen LogP contribution in [0.4, 0.5) is 17.5 Å². The highest BCUT2D eigenvalue weighted by atomic mass is 31.2. The molecule has 1 saturated heterocycles. The molecule has 2 aliphatic heterocycles. The molecule has 0 radical (unpaired) electrons. The van der Waals surface area contributed by atoms with Gasteiger partial charge in [-0.3, -0.25) is 18.7 Å². The number of aliphatic hydroxyl groups is 2. The summed E-state index contributed by atoms with van der Waals surface area (Å²) in [6.07, 6.45) is -1.56. The van der Waals surface area contributed by atoms with Gasteiger partial charge in [0.05, 0.1) is 13.3 Å². The van der Waals surface area contributed by atoms with Gasteiger partial charge < -0.3 is 39.9 Å². The molecule has 1 fully saturated rings. The van der Waals surface area contributed by atoms with Crippen LogP contribution in [0.5, 0.6) is 0 Å². The van der Waals surface area contributed by atoms with E-state index in [4.69, 9.17) is 15.0 Å². The molecular weight excluding hydrogens is 409 g/mol. The van der Waals surface area contributed by atoms with Crippen LogP contribution < -0.4 is 26.0 Å². The van der Waals surface area contributed by atoms with E-state index in [1.54, 1.807) is 11.9 Å².